The van der Waals surface area contributed by atoms with Crippen LogP contribution in [0.3, 0.4) is 0 Å². The molecular weight excluding hydrogens is 444 g/mol. The van der Waals surface area contributed by atoms with Crippen molar-refractivity contribution in [2.45, 2.75) is 27.7 Å². The van der Waals surface area contributed by atoms with E-state index < -0.39 is 11.9 Å². The van der Waals surface area contributed by atoms with Gasteiger partial charge >= 0.3 is 5.97 Å². The quantitative estimate of drug-likeness (QED) is 0.215. The van der Waals surface area contributed by atoms with Crippen molar-refractivity contribution in [3.05, 3.63) is 35.4 Å². The summed E-state index contributed by atoms with van der Waals surface area (Å²) in [6.45, 7) is 8.00. The summed E-state index contributed by atoms with van der Waals surface area (Å²) in [5.41, 5.74) is 3.30. The lowest BCUT2D eigenvalue weighted by Crippen LogP contribution is -2.18. The van der Waals surface area contributed by atoms with Crippen LogP contribution >= 0.6 is 0 Å². The molecule has 2 aromatic rings. The molecule has 0 fully saturated rings. The van der Waals surface area contributed by atoms with Crippen LogP contribution in [0.25, 0.3) is 0 Å². The molecule has 0 saturated heterocycles. The van der Waals surface area contributed by atoms with Crippen LogP contribution in [0, 0.1) is 0 Å². The van der Waals surface area contributed by atoms with Crippen molar-refractivity contribution in [2.75, 3.05) is 34.0 Å². The number of carbonyl (C=O) groups is 2. The summed E-state index contributed by atoms with van der Waals surface area (Å²) in [5, 5.41) is 4.01. The van der Waals surface area contributed by atoms with Gasteiger partial charge in [-0.1, -0.05) is 0 Å². The third-order valence-corrected chi connectivity index (χ3v) is 4.28. The van der Waals surface area contributed by atoms with Gasteiger partial charge < -0.3 is 28.4 Å². The van der Waals surface area contributed by atoms with Crippen LogP contribution in [0.1, 0.15) is 43.6 Å². The Morgan fingerprint density at radius 1 is 0.824 bits per heavy atom. The van der Waals surface area contributed by atoms with Crippen LogP contribution in [-0.4, -0.2) is 52.1 Å². The summed E-state index contributed by atoms with van der Waals surface area (Å²) >= 11 is 0. The number of esters is 1. The van der Waals surface area contributed by atoms with E-state index in [-0.39, 0.29) is 22.8 Å². The first-order chi connectivity index (χ1) is 16.4. The van der Waals surface area contributed by atoms with Crippen LogP contribution in [0.5, 0.6) is 34.5 Å². The summed E-state index contributed by atoms with van der Waals surface area (Å²) in [6, 6.07) is 6.32. The van der Waals surface area contributed by atoms with Gasteiger partial charge in [0.1, 0.15) is 0 Å². The Labute approximate surface area is 198 Å². The van der Waals surface area contributed by atoms with E-state index in [0.29, 0.717) is 42.6 Å². The van der Waals surface area contributed by atoms with Crippen molar-refractivity contribution >= 4 is 18.1 Å². The normalized spacial score (nSPS) is 10.5. The number of hydrogen-bond acceptors (Lipinski definition) is 9. The Morgan fingerprint density at radius 2 is 1.35 bits per heavy atom. The van der Waals surface area contributed by atoms with Gasteiger partial charge in [-0.2, -0.15) is 5.10 Å². The number of hydrazone groups is 1. The number of hydrogen-bond donors (Lipinski definition) is 1. The molecule has 0 saturated carbocycles. The molecule has 0 unspecified atom stereocenters. The molecule has 0 aliphatic rings. The standard InChI is InChI=1S/C24H30N2O8/c1-7-31-20-12-17(13-21(32-8-2)22(20)33-9-3)24(28)26-25-14-16-10-18(29-5)23(34-15(4)27)19(11-16)30-6/h10-14H,7-9H2,1-6H3,(H,26,28). The second-order valence-corrected chi connectivity index (χ2v) is 6.65. The zero-order valence-electron chi connectivity index (χ0n) is 20.2. The molecule has 0 radical (unpaired) electrons. The van der Waals surface area contributed by atoms with Gasteiger partial charge in [0.15, 0.2) is 23.0 Å². The molecule has 1 amide bonds. The Balaban J connectivity index is 2.29. The minimum absolute atomic E-state index is 0.153. The van der Waals surface area contributed by atoms with E-state index in [1.54, 1.807) is 24.3 Å². The molecular formula is C24H30N2O8. The fourth-order valence-corrected chi connectivity index (χ4v) is 2.97. The molecule has 0 atom stereocenters. The number of benzene rings is 2. The van der Waals surface area contributed by atoms with E-state index in [4.69, 9.17) is 28.4 Å². The second kappa shape index (κ2) is 12.9. The number of methoxy groups -OCH3 is 2. The Hall–Kier alpha value is -3.95. The third kappa shape index (κ3) is 6.77. The summed E-state index contributed by atoms with van der Waals surface area (Å²) < 4.78 is 32.7. The van der Waals surface area contributed by atoms with Gasteiger partial charge in [0.2, 0.25) is 11.5 Å². The van der Waals surface area contributed by atoms with E-state index in [2.05, 4.69) is 10.5 Å². The van der Waals surface area contributed by atoms with Crippen LogP contribution in [-0.2, 0) is 4.79 Å². The number of nitrogens with one attached hydrogen (secondary N) is 1. The van der Waals surface area contributed by atoms with Crippen molar-refractivity contribution in [3.8, 4) is 34.5 Å². The molecule has 0 heterocycles. The third-order valence-electron chi connectivity index (χ3n) is 4.28. The monoisotopic (exact) mass is 474 g/mol. The Morgan fingerprint density at radius 3 is 1.79 bits per heavy atom. The molecule has 184 valence electrons. The zero-order valence-corrected chi connectivity index (χ0v) is 20.2. The van der Waals surface area contributed by atoms with Crippen LogP contribution in [0.2, 0.25) is 0 Å². The maximum absolute atomic E-state index is 12.8. The largest absolute Gasteiger partial charge is 0.493 e. The first kappa shape index (κ1) is 26.3. The summed E-state index contributed by atoms with van der Waals surface area (Å²) in [7, 11) is 2.87. The molecule has 2 rings (SSSR count). The molecule has 0 aliphatic carbocycles. The molecule has 0 aliphatic heterocycles. The maximum atomic E-state index is 12.8. The SMILES string of the molecule is CCOc1cc(C(=O)NN=Cc2cc(OC)c(OC(C)=O)c(OC)c2)cc(OCC)c1OCC. The first-order valence-electron chi connectivity index (χ1n) is 10.7. The van der Waals surface area contributed by atoms with Crippen LogP contribution in [0.4, 0.5) is 0 Å². The highest BCUT2D eigenvalue weighted by Crippen LogP contribution is 2.39. The van der Waals surface area contributed by atoms with Crippen LogP contribution in [0.15, 0.2) is 29.4 Å². The number of ether oxygens (including phenoxy) is 6. The van der Waals surface area contributed by atoms with Gasteiger partial charge in [-0.3, -0.25) is 9.59 Å². The predicted molar refractivity (Wildman–Crippen MR) is 126 cm³/mol. The Bertz CT molecular complexity index is 984. The number of carbonyl (C=O) groups excluding carboxylic acids is 2. The highest BCUT2D eigenvalue weighted by molar-refractivity contribution is 5.96. The van der Waals surface area contributed by atoms with E-state index >= 15 is 0 Å². The number of nitrogens with zero attached hydrogens (tertiary/aromatic N) is 1. The Kier molecular flexibility index (Phi) is 10.0. The minimum atomic E-state index is -0.515. The lowest BCUT2D eigenvalue weighted by atomic mass is 10.1. The lowest BCUT2D eigenvalue weighted by Gasteiger charge is -2.16. The maximum Gasteiger partial charge on any atom is 0.308 e. The number of rotatable bonds is 12. The van der Waals surface area contributed by atoms with E-state index in [9.17, 15) is 9.59 Å². The molecule has 0 aromatic heterocycles. The number of amides is 1. The van der Waals surface area contributed by atoms with E-state index in [1.165, 1.54) is 27.4 Å². The lowest BCUT2D eigenvalue weighted by molar-refractivity contribution is -0.132. The molecule has 0 bridgehead atoms. The van der Waals surface area contributed by atoms with E-state index in [0.717, 1.165) is 0 Å². The van der Waals surface area contributed by atoms with Crippen molar-refractivity contribution in [1.29, 1.82) is 0 Å². The minimum Gasteiger partial charge on any atom is -0.493 e. The van der Waals surface area contributed by atoms with Crippen molar-refractivity contribution in [3.63, 3.8) is 0 Å². The van der Waals surface area contributed by atoms with Gasteiger partial charge in [-0.05, 0) is 45.0 Å². The summed E-state index contributed by atoms with van der Waals surface area (Å²) in [5.74, 6) is 0.960. The molecule has 1 N–H and O–H groups in total. The average molecular weight is 475 g/mol. The molecule has 0 spiro atoms. The van der Waals surface area contributed by atoms with Crippen molar-refractivity contribution in [1.82, 2.24) is 5.43 Å². The average Bonchev–Trinajstić information content (AvgIpc) is 2.81. The molecule has 34 heavy (non-hydrogen) atoms. The molecule has 10 heteroatoms. The zero-order chi connectivity index (χ0) is 25.1. The smallest absolute Gasteiger partial charge is 0.308 e. The first-order valence-corrected chi connectivity index (χ1v) is 10.7. The van der Waals surface area contributed by atoms with Gasteiger partial charge in [0.05, 0.1) is 40.3 Å². The fourth-order valence-electron chi connectivity index (χ4n) is 2.97. The van der Waals surface area contributed by atoms with Gasteiger partial charge in [-0.15, -0.1) is 0 Å². The topological polar surface area (TPSA) is 114 Å². The fraction of sp³-hybridized carbons (Fsp3) is 0.375. The van der Waals surface area contributed by atoms with Crippen molar-refractivity contribution < 1.29 is 38.0 Å². The predicted octanol–water partition coefficient (Wildman–Crippen LogP) is 3.59. The highest BCUT2D eigenvalue weighted by Gasteiger charge is 2.19. The summed E-state index contributed by atoms with van der Waals surface area (Å²) in [6.07, 6.45) is 1.40. The van der Waals surface area contributed by atoms with Gasteiger partial charge in [0.25, 0.3) is 5.91 Å². The highest BCUT2D eigenvalue weighted by atomic mass is 16.6. The van der Waals surface area contributed by atoms with Gasteiger partial charge in [0, 0.05) is 18.1 Å². The van der Waals surface area contributed by atoms with Crippen molar-refractivity contribution in [2.24, 2.45) is 5.10 Å². The van der Waals surface area contributed by atoms with Gasteiger partial charge in [-0.25, -0.2) is 5.43 Å². The second-order valence-electron chi connectivity index (χ2n) is 6.65. The molecule has 2 aromatic carbocycles. The van der Waals surface area contributed by atoms with Crippen LogP contribution < -0.4 is 33.8 Å². The molecule has 10 nitrogen and oxygen atoms in total. The van der Waals surface area contributed by atoms with E-state index in [1.807, 2.05) is 20.8 Å². The summed E-state index contributed by atoms with van der Waals surface area (Å²) in [4.78, 5) is 24.1.